The Kier molecular flexibility index (Phi) is 6.43. The zero-order valence-electron chi connectivity index (χ0n) is 15.3. The Morgan fingerprint density at radius 1 is 1.38 bits per heavy atom. The number of amides is 2. The molecule has 0 bridgehead atoms. The molecular formula is C18H30N4O2. The van der Waals surface area contributed by atoms with Gasteiger partial charge in [-0.05, 0) is 43.9 Å². The molecule has 0 aliphatic carbocycles. The highest BCUT2D eigenvalue weighted by molar-refractivity contribution is 5.89. The minimum Gasteiger partial charge on any atom is -0.336 e. The molecule has 0 saturated carbocycles. The van der Waals surface area contributed by atoms with Gasteiger partial charge in [-0.1, -0.05) is 20.3 Å². The van der Waals surface area contributed by atoms with Crippen LogP contribution in [0.2, 0.25) is 0 Å². The predicted molar refractivity (Wildman–Crippen MR) is 97.5 cm³/mol. The van der Waals surface area contributed by atoms with E-state index in [1.807, 2.05) is 13.0 Å². The fourth-order valence-electron chi connectivity index (χ4n) is 3.24. The topological polar surface area (TPSA) is 66.4 Å². The van der Waals surface area contributed by atoms with Gasteiger partial charge in [0.1, 0.15) is 5.69 Å². The number of anilines is 1. The first-order valence-electron chi connectivity index (χ1n) is 8.83. The van der Waals surface area contributed by atoms with E-state index in [0.717, 1.165) is 25.1 Å². The van der Waals surface area contributed by atoms with Crippen molar-refractivity contribution in [2.45, 2.75) is 46.1 Å². The zero-order chi connectivity index (χ0) is 17.7. The molecule has 24 heavy (non-hydrogen) atoms. The van der Waals surface area contributed by atoms with Crippen LogP contribution in [0.25, 0.3) is 0 Å². The molecule has 0 spiro atoms. The number of aromatic nitrogens is 1. The van der Waals surface area contributed by atoms with Crippen molar-refractivity contribution in [3.63, 3.8) is 0 Å². The van der Waals surface area contributed by atoms with Crippen LogP contribution in [0.15, 0.2) is 17.1 Å². The van der Waals surface area contributed by atoms with Gasteiger partial charge in [0.05, 0.1) is 0 Å². The van der Waals surface area contributed by atoms with E-state index in [4.69, 9.17) is 0 Å². The molecule has 1 fully saturated rings. The van der Waals surface area contributed by atoms with Crippen molar-refractivity contribution in [1.82, 2.24) is 14.8 Å². The van der Waals surface area contributed by atoms with Gasteiger partial charge >= 0.3 is 6.03 Å². The number of hydrogen-bond acceptors (Lipinski definition) is 3. The minimum absolute atomic E-state index is 0.191. The third kappa shape index (κ3) is 4.84. The summed E-state index contributed by atoms with van der Waals surface area (Å²) < 4.78 is 1.47. The molecule has 1 aliphatic heterocycles. The third-order valence-corrected chi connectivity index (χ3v) is 4.56. The van der Waals surface area contributed by atoms with Gasteiger partial charge in [-0.15, -0.1) is 0 Å². The molecule has 1 aromatic heterocycles. The summed E-state index contributed by atoms with van der Waals surface area (Å²) in [6, 6.07) is 1.89. The van der Waals surface area contributed by atoms with E-state index >= 15 is 0 Å². The van der Waals surface area contributed by atoms with Gasteiger partial charge in [0.25, 0.3) is 5.56 Å². The van der Waals surface area contributed by atoms with Gasteiger partial charge in [0, 0.05) is 32.4 Å². The Bertz CT molecular complexity index is 624. The van der Waals surface area contributed by atoms with Gasteiger partial charge in [-0.3, -0.25) is 9.69 Å². The normalized spacial score (nSPS) is 18.6. The lowest BCUT2D eigenvalue weighted by Gasteiger charge is -2.36. The molecule has 6 heteroatoms. The highest BCUT2D eigenvalue weighted by atomic mass is 16.2. The van der Waals surface area contributed by atoms with E-state index in [1.165, 1.54) is 17.4 Å². The Morgan fingerprint density at radius 3 is 2.83 bits per heavy atom. The molecule has 0 radical (unpaired) electrons. The third-order valence-electron chi connectivity index (χ3n) is 4.56. The summed E-state index contributed by atoms with van der Waals surface area (Å²) in [6.07, 6.45) is 5.25. The number of nitrogens with one attached hydrogen (secondary N) is 2. The second-order valence-electron chi connectivity index (χ2n) is 7.16. The summed E-state index contributed by atoms with van der Waals surface area (Å²) in [6.45, 7) is 9.05. The first-order valence-corrected chi connectivity index (χ1v) is 8.83. The fourth-order valence-corrected chi connectivity index (χ4v) is 3.24. The maximum absolute atomic E-state index is 12.2. The molecule has 2 N–H and O–H groups in total. The molecule has 1 atom stereocenters. The maximum atomic E-state index is 12.2. The molecule has 0 aromatic carbocycles. The first kappa shape index (κ1) is 18.5. The fraction of sp³-hybridized carbons (Fsp3) is 0.667. The number of carbonyl (C=O) groups is 1. The summed E-state index contributed by atoms with van der Waals surface area (Å²) in [4.78, 5) is 26.8. The van der Waals surface area contributed by atoms with Crippen LogP contribution in [0.4, 0.5) is 10.5 Å². The number of rotatable bonds is 5. The molecule has 1 saturated heterocycles. The van der Waals surface area contributed by atoms with Crippen LogP contribution in [0.1, 0.15) is 38.7 Å². The average Bonchev–Trinajstić information content (AvgIpc) is 2.54. The highest BCUT2D eigenvalue weighted by Gasteiger charge is 2.23. The smallest absolute Gasteiger partial charge is 0.319 e. The summed E-state index contributed by atoms with van der Waals surface area (Å²) in [5, 5.41) is 5.65. The van der Waals surface area contributed by atoms with Gasteiger partial charge in [0.15, 0.2) is 0 Å². The molecule has 2 heterocycles. The quantitative estimate of drug-likeness (QED) is 0.868. The molecule has 2 rings (SSSR count). The molecule has 1 aliphatic rings. The molecule has 1 unspecified atom stereocenters. The van der Waals surface area contributed by atoms with Crippen LogP contribution >= 0.6 is 0 Å². The van der Waals surface area contributed by atoms with E-state index in [2.05, 4.69) is 29.4 Å². The van der Waals surface area contributed by atoms with Crippen molar-refractivity contribution < 1.29 is 4.79 Å². The van der Waals surface area contributed by atoms with Crippen molar-refractivity contribution in [3.05, 3.63) is 28.2 Å². The lowest BCUT2D eigenvalue weighted by atomic mass is 10.0. The Labute approximate surface area is 144 Å². The van der Waals surface area contributed by atoms with Crippen molar-refractivity contribution in [1.29, 1.82) is 0 Å². The number of hydrogen-bond donors (Lipinski definition) is 2. The number of piperidine rings is 1. The summed E-state index contributed by atoms with van der Waals surface area (Å²) in [5.41, 5.74) is 0.928. The lowest BCUT2D eigenvalue weighted by molar-refractivity contribution is 0.131. The molecule has 2 amide bonds. The van der Waals surface area contributed by atoms with Gasteiger partial charge in [-0.2, -0.15) is 0 Å². The van der Waals surface area contributed by atoms with E-state index < -0.39 is 0 Å². The number of likely N-dealkylation sites (tertiary alicyclic amines) is 1. The first-order chi connectivity index (χ1) is 11.4. The number of carbonyl (C=O) groups excluding carboxylic acids is 1. The summed E-state index contributed by atoms with van der Waals surface area (Å²) >= 11 is 0. The van der Waals surface area contributed by atoms with Gasteiger partial charge in [0.2, 0.25) is 0 Å². The average molecular weight is 334 g/mol. The van der Waals surface area contributed by atoms with Crippen LogP contribution < -0.4 is 16.2 Å². The van der Waals surface area contributed by atoms with Gasteiger partial charge in [-0.25, -0.2) is 4.79 Å². The van der Waals surface area contributed by atoms with Crippen LogP contribution in [0, 0.1) is 12.8 Å². The van der Waals surface area contributed by atoms with Crippen molar-refractivity contribution in [2.75, 3.05) is 25.0 Å². The minimum atomic E-state index is -0.309. The maximum Gasteiger partial charge on any atom is 0.319 e. The number of aryl methyl sites for hydroxylation is 2. The molecule has 1 aromatic rings. The number of pyridine rings is 1. The van der Waals surface area contributed by atoms with Crippen LogP contribution in [-0.4, -0.2) is 41.2 Å². The van der Waals surface area contributed by atoms with Crippen molar-refractivity contribution >= 4 is 11.7 Å². The van der Waals surface area contributed by atoms with Crippen molar-refractivity contribution in [2.24, 2.45) is 13.0 Å². The SMILES string of the molecule is Cc1ccn(C)c(=O)c1NC(=O)NCC1CCCCN1CC(C)C. The summed E-state index contributed by atoms with van der Waals surface area (Å²) in [5.74, 6) is 0.620. The summed E-state index contributed by atoms with van der Waals surface area (Å²) in [7, 11) is 1.68. The zero-order valence-corrected chi connectivity index (χ0v) is 15.3. The highest BCUT2D eigenvalue weighted by Crippen LogP contribution is 2.18. The van der Waals surface area contributed by atoms with Gasteiger partial charge < -0.3 is 15.2 Å². The van der Waals surface area contributed by atoms with Crippen molar-refractivity contribution in [3.8, 4) is 0 Å². The van der Waals surface area contributed by atoms with E-state index in [1.54, 1.807) is 13.2 Å². The monoisotopic (exact) mass is 334 g/mol. The molecular weight excluding hydrogens is 304 g/mol. The Balaban J connectivity index is 1.93. The second-order valence-corrected chi connectivity index (χ2v) is 7.16. The number of nitrogens with zero attached hydrogens (tertiary/aromatic N) is 2. The van der Waals surface area contributed by atoms with E-state index in [-0.39, 0.29) is 11.6 Å². The lowest BCUT2D eigenvalue weighted by Crippen LogP contribution is -2.48. The molecule has 6 nitrogen and oxygen atoms in total. The van der Waals surface area contributed by atoms with E-state index in [0.29, 0.717) is 24.2 Å². The Hall–Kier alpha value is -1.82. The van der Waals surface area contributed by atoms with Crippen LogP contribution in [-0.2, 0) is 7.05 Å². The van der Waals surface area contributed by atoms with Crippen LogP contribution in [0.3, 0.4) is 0 Å². The molecule has 134 valence electrons. The Morgan fingerprint density at radius 2 is 2.12 bits per heavy atom. The standard InChI is InChI=1S/C18H30N4O2/c1-13(2)12-22-9-6-5-7-15(22)11-19-18(24)20-16-14(3)8-10-21(4)17(16)23/h8,10,13,15H,5-7,9,11-12H2,1-4H3,(H2,19,20,24). The number of urea groups is 1. The largest absolute Gasteiger partial charge is 0.336 e. The predicted octanol–water partition coefficient (Wildman–Crippen LogP) is 2.33. The van der Waals surface area contributed by atoms with E-state index in [9.17, 15) is 9.59 Å². The van der Waals surface area contributed by atoms with Crippen LogP contribution in [0.5, 0.6) is 0 Å². The second kappa shape index (κ2) is 8.33.